The maximum atomic E-state index is 13.3. The van der Waals surface area contributed by atoms with E-state index in [4.69, 9.17) is 0 Å². The molecule has 0 aliphatic rings. The quantitative estimate of drug-likeness (QED) is 0.870. The van der Waals surface area contributed by atoms with Crippen LogP contribution in [0.3, 0.4) is 0 Å². The van der Waals surface area contributed by atoms with E-state index < -0.39 is 6.10 Å². The van der Waals surface area contributed by atoms with Crippen LogP contribution in [0, 0.1) is 5.82 Å². The molecule has 0 saturated carbocycles. The third-order valence-corrected chi connectivity index (χ3v) is 3.78. The van der Waals surface area contributed by atoms with E-state index in [2.05, 4.69) is 22.9 Å². The maximum Gasteiger partial charge on any atom is 0.123 e. The summed E-state index contributed by atoms with van der Waals surface area (Å²) in [7, 11) is 0. The van der Waals surface area contributed by atoms with Crippen LogP contribution in [0.1, 0.15) is 36.1 Å². The molecule has 0 spiro atoms. The van der Waals surface area contributed by atoms with Gasteiger partial charge in [0.15, 0.2) is 0 Å². The van der Waals surface area contributed by atoms with E-state index in [1.54, 1.807) is 6.07 Å². The molecule has 1 N–H and O–H groups in total. The molecule has 1 unspecified atom stereocenters. The summed E-state index contributed by atoms with van der Waals surface area (Å²) in [4.78, 5) is 0. The lowest BCUT2D eigenvalue weighted by molar-refractivity contribution is 0.219. The highest BCUT2D eigenvalue weighted by atomic mass is 79.9. The lowest BCUT2D eigenvalue weighted by Gasteiger charge is -2.14. The number of aliphatic hydroxyl groups is 1. The number of hydrogen-bond donors (Lipinski definition) is 1. The molecule has 0 aliphatic heterocycles. The zero-order chi connectivity index (χ0) is 13.8. The molecule has 0 saturated heterocycles. The highest BCUT2D eigenvalue weighted by Crippen LogP contribution is 2.29. The van der Waals surface area contributed by atoms with Crippen LogP contribution in [0.5, 0.6) is 0 Å². The highest BCUT2D eigenvalue weighted by Gasteiger charge is 2.14. The second kappa shape index (κ2) is 6.31. The van der Waals surface area contributed by atoms with Crippen molar-refractivity contribution in [2.24, 2.45) is 0 Å². The minimum atomic E-state index is -0.818. The molecule has 0 amide bonds. The summed E-state index contributed by atoms with van der Waals surface area (Å²) in [6.07, 6.45) is 1.22. The first-order valence-corrected chi connectivity index (χ1v) is 7.13. The Bertz CT molecular complexity index is 568. The number of aliphatic hydroxyl groups excluding tert-OH is 1. The van der Waals surface area contributed by atoms with Crippen molar-refractivity contribution in [2.45, 2.75) is 25.9 Å². The van der Waals surface area contributed by atoms with Crippen molar-refractivity contribution in [2.75, 3.05) is 0 Å². The topological polar surface area (TPSA) is 20.2 Å². The third-order valence-electron chi connectivity index (χ3n) is 3.06. The molecule has 0 radical (unpaired) electrons. The fraction of sp³-hybridized carbons (Fsp3) is 0.250. The van der Waals surface area contributed by atoms with E-state index >= 15 is 0 Å². The van der Waals surface area contributed by atoms with Gasteiger partial charge in [-0.05, 0) is 35.7 Å². The molecule has 1 nitrogen and oxygen atoms in total. The van der Waals surface area contributed by atoms with Gasteiger partial charge in [-0.25, -0.2) is 4.39 Å². The molecule has 0 fully saturated rings. The van der Waals surface area contributed by atoms with Gasteiger partial charge in [-0.15, -0.1) is 0 Å². The Labute approximate surface area is 121 Å². The standard InChI is InChI=1S/C16H16BrFO/c1-2-4-11-5-3-6-12(9-11)16(19)14-10-13(18)7-8-15(14)17/h3,5-10,16,19H,2,4H2,1H3. The van der Waals surface area contributed by atoms with Crippen LogP contribution in [0.4, 0.5) is 4.39 Å². The summed E-state index contributed by atoms with van der Waals surface area (Å²) < 4.78 is 14.0. The summed E-state index contributed by atoms with van der Waals surface area (Å²) >= 11 is 3.35. The van der Waals surface area contributed by atoms with Crippen molar-refractivity contribution in [1.82, 2.24) is 0 Å². The third kappa shape index (κ3) is 3.43. The van der Waals surface area contributed by atoms with Gasteiger partial charge < -0.3 is 5.11 Å². The molecule has 2 aromatic rings. The van der Waals surface area contributed by atoms with E-state index in [1.807, 2.05) is 24.3 Å². The average molecular weight is 323 g/mol. The van der Waals surface area contributed by atoms with E-state index in [9.17, 15) is 9.50 Å². The van der Waals surface area contributed by atoms with Gasteiger partial charge in [0.2, 0.25) is 0 Å². The molecule has 2 rings (SSSR count). The molecule has 0 aromatic heterocycles. The van der Waals surface area contributed by atoms with Crippen molar-refractivity contribution < 1.29 is 9.50 Å². The fourth-order valence-corrected chi connectivity index (χ4v) is 2.57. The molecule has 1 atom stereocenters. The largest absolute Gasteiger partial charge is 0.384 e. The Balaban J connectivity index is 2.35. The van der Waals surface area contributed by atoms with Gasteiger partial charge in [-0.3, -0.25) is 0 Å². The average Bonchev–Trinajstić information content (AvgIpc) is 2.41. The molecule has 100 valence electrons. The first kappa shape index (κ1) is 14.2. The van der Waals surface area contributed by atoms with E-state index in [0.717, 1.165) is 18.4 Å². The van der Waals surface area contributed by atoms with Crippen molar-refractivity contribution in [3.63, 3.8) is 0 Å². The Morgan fingerprint density at radius 2 is 2.00 bits per heavy atom. The number of halogens is 2. The molecular weight excluding hydrogens is 307 g/mol. The first-order valence-electron chi connectivity index (χ1n) is 6.33. The number of rotatable bonds is 4. The van der Waals surface area contributed by atoms with Crippen LogP contribution in [-0.2, 0) is 6.42 Å². The zero-order valence-electron chi connectivity index (χ0n) is 10.7. The Morgan fingerprint density at radius 3 is 2.74 bits per heavy atom. The molecule has 3 heteroatoms. The summed E-state index contributed by atoms with van der Waals surface area (Å²) in [5.41, 5.74) is 2.53. The van der Waals surface area contributed by atoms with Gasteiger partial charge in [0.1, 0.15) is 11.9 Å². The Hall–Kier alpha value is -1.19. The van der Waals surface area contributed by atoms with E-state index in [-0.39, 0.29) is 5.82 Å². The van der Waals surface area contributed by atoms with Crippen LogP contribution in [0.25, 0.3) is 0 Å². The maximum absolute atomic E-state index is 13.3. The molecular formula is C16H16BrFO. The summed E-state index contributed by atoms with van der Waals surface area (Å²) in [5.74, 6) is -0.345. The van der Waals surface area contributed by atoms with Gasteiger partial charge in [0, 0.05) is 10.0 Å². The smallest absolute Gasteiger partial charge is 0.123 e. The predicted octanol–water partition coefficient (Wildman–Crippen LogP) is 4.62. The lowest BCUT2D eigenvalue weighted by atomic mass is 9.98. The molecule has 19 heavy (non-hydrogen) atoms. The summed E-state index contributed by atoms with van der Waals surface area (Å²) in [6.45, 7) is 2.12. The van der Waals surface area contributed by atoms with Crippen molar-refractivity contribution in [3.05, 3.63) is 69.4 Å². The first-order chi connectivity index (χ1) is 9.11. The second-order valence-corrected chi connectivity index (χ2v) is 5.42. The van der Waals surface area contributed by atoms with Gasteiger partial charge in [-0.1, -0.05) is 53.5 Å². The molecule has 0 aliphatic carbocycles. The Kier molecular flexibility index (Phi) is 4.72. The normalized spacial score (nSPS) is 12.4. The van der Waals surface area contributed by atoms with Crippen LogP contribution in [0.2, 0.25) is 0 Å². The lowest BCUT2D eigenvalue weighted by Crippen LogP contribution is -2.02. The van der Waals surface area contributed by atoms with Gasteiger partial charge in [0.25, 0.3) is 0 Å². The Morgan fingerprint density at radius 1 is 1.21 bits per heavy atom. The monoisotopic (exact) mass is 322 g/mol. The van der Waals surface area contributed by atoms with Crippen LogP contribution < -0.4 is 0 Å². The van der Waals surface area contributed by atoms with Crippen LogP contribution in [-0.4, -0.2) is 5.11 Å². The number of aryl methyl sites for hydroxylation is 1. The van der Waals surface area contributed by atoms with E-state index in [0.29, 0.717) is 10.0 Å². The molecule has 0 heterocycles. The number of hydrogen-bond acceptors (Lipinski definition) is 1. The second-order valence-electron chi connectivity index (χ2n) is 4.56. The minimum Gasteiger partial charge on any atom is -0.384 e. The predicted molar refractivity (Wildman–Crippen MR) is 78.6 cm³/mol. The number of benzene rings is 2. The van der Waals surface area contributed by atoms with Gasteiger partial charge in [-0.2, -0.15) is 0 Å². The van der Waals surface area contributed by atoms with Crippen molar-refractivity contribution in [3.8, 4) is 0 Å². The highest BCUT2D eigenvalue weighted by molar-refractivity contribution is 9.10. The molecule has 2 aromatic carbocycles. The minimum absolute atomic E-state index is 0.345. The van der Waals surface area contributed by atoms with Crippen LogP contribution >= 0.6 is 15.9 Å². The molecule has 0 bridgehead atoms. The fourth-order valence-electron chi connectivity index (χ4n) is 2.11. The van der Waals surface area contributed by atoms with Crippen molar-refractivity contribution in [1.29, 1.82) is 0 Å². The van der Waals surface area contributed by atoms with Crippen LogP contribution in [0.15, 0.2) is 46.9 Å². The van der Waals surface area contributed by atoms with Crippen molar-refractivity contribution >= 4 is 15.9 Å². The summed E-state index contributed by atoms with van der Waals surface area (Å²) in [6, 6.07) is 12.2. The summed E-state index contributed by atoms with van der Waals surface area (Å²) in [5, 5.41) is 10.4. The van der Waals surface area contributed by atoms with Gasteiger partial charge >= 0.3 is 0 Å². The SMILES string of the molecule is CCCc1cccc(C(O)c2cc(F)ccc2Br)c1. The zero-order valence-corrected chi connectivity index (χ0v) is 12.3. The van der Waals surface area contributed by atoms with Gasteiger partial charge in [0.05, 0.1) is 0 Å². The van der Waals surface area contributed by atoms with E-state index in [1.165, 1.54) is 17.7 Å².